The van der Waals surface area contributed by atoms with Crippen LogP contribution in [-0.4, -0.2) is 65.3 Å². The summed E-state index contributed by atoms with van der Waals surface area (Å²) < 4.78 is 0.460. The number of carbonyl (C=O) groups is 3. The first kappa shape index (κ1) is 20.2. The fourth-order valence-electron chi connectivity index (χ4n) is 2.84. The van der Waals surface area contributed by atoms with Crippen molar-refractivity contribution in [2.75, 3.05) is 5.73 Å². The summed E-state index contributed by atoms with van der Waals surface area (Å²) >= 11 is 3.51. The summed E-state index contributed by atoms with van der Waals surface area (Å²) in [5.41, 5.74) is 5.97. The zero-order chi connectivity index (χ0) is 21.4. The maximum absolute atomic E-state index is 12.6. The molecule has 0 aromatic carbocycles. The van der Waals surface area contributed by atoms with Crippen molar-refractivity contribution in [1.82, 2.24) is 25.4 Å². The normalized spacial score (nSPS) is 20.9. The van der Waals surface area contributed by atoms with E-state index in [9.17, 15) is 24.7 Å². The number of fused-ring (bicyclic) bond motifs is 1. The van der Waals surface area contributed by atoms with Gasteiger partial charge >= 0.3 is 5.97 Å². The lowest BCUT2D eigenvalue weighted by atomic mass is 10.1. The van der Waals surface area contributed by atoms with Gasteiger partial charge in [-0.1, -0.05) is 16.9 Å². The predicted octanol–water partition coefficient (Wildman–Crippen LogP) is 0.214. The van der Waals surface area contributed by atoms with Crippen molar-refractivity contribution >= 4 is 63.5 Å². The average Bonchev–Trinajstić information content (AvgIpc) is 3.44. The second-order valence-electron chi connectivity index (χ2n) is 6.02. The molecule has 6 N–H and O–H groups in total. The highest BCUT2D eigenvalue weighted by Crippen LogP contribution is 2.51. The molecule has 0 unspecified atom stereocenters. The molecule has 0 radical (unpaired) electrons. The van der Waals surface area contributed by atoms with E-state index in [1.807, 2.05) is 0 Å². The third-order valence-corrected chi connectivity index (χ3v) is 7.58. The number of anilines is 1. The van der Waals surface area contributed by atoms with Gasteiger partial charge in [0.25, 0.3) is 11.8 Å². The van der Waals surface area contributed by atoms with Crippen molar-refractivity contribution in [3.8, 4) is 0 Å². The van der Waals surface area contributed by atoms with Gasteiger partial charge in [0.2, 0.25) is 0 Å². The number of carbonyl (C=O) groups excluding carboxylic acids is 2. The average molecular weight is 468 g/mol. The Morgan fingerprint density at radius 1 is 1.47 bits per heavy atom. The number of aromatic nitrogens is 3. The van der Waals surface area contributed by atoms with Crippen LogP contribution in [0.5, 0.6) is 0 Å². The Kier molecular flexibility index (Phi) is 5.40. The lowest BCUT2D eigenvalue weighted by Gasteiger charge is -2.42. The third kappa shape index (κ3) is 3.50. The van der Waals surface area contributed by atoms with Crippen LogP contribution in [0.4, 0.5) is 5.13 Å². The molecule has 2 aromatic heterocycles. The third-order valence-electron chi connectivity index (χ3n) is 4.20. The number of aliphatic carboxylic acids is 1. The van der Waals surface area contributed by atoms with E-state index in [4.69, 9.17) is 5.73 Å². The molecular weight excluding hydrogens is 454 g/mol. The number of nitrogens with two attached hydrogens (primary N) is 1. The van der Waals surface area contributed by atoms with E-state index < -0.39 is 34.9 Å². The number of thiazole rings is 1. The van der Waals surface area contributed by atoms with Crippen LogP contribution in [0, 0.1) is 0 Å². The number of β-lactam (4-membered cyclic amide) rings is 1. The molecule has 2 amide bonds. The smallest absolute Gasteiger partial charge is 0.354 e. The number of H-pyrrole nitrogens is 1. The van der Waals surface area contributed by atoms with Gasteiger partial charge in [-0.3, -0.25) is 19.6 Å². The maximum Gasteiger partial charge on any atom is 0.354 e. The summed E-state index contributed by atoms with van der Waals surface area (Å²) in [4.78, 5) is 41.8. The van der Waals surface area contributed by atoms with E-state index in [0.717, 1.165) is 21.8 Å². The molecule has 2 aliphatic rings. The van der Waals surface area contributed by atoms with Crippen LogP contribution in [0.2, 0.25) is 0 Å². The zero-order valence-electron chi connectivity index (χ0n) is 14.8. The molecule has 2 aliphatic heterocycles. The molecule has 30 heavy (non-hydrogen) atoms. The number of oxime groups is 1. The topological polar surface area (TPSA) is 187 Å². The molecule has 156 valence electrons. The maximum atomic E-state index is 12.6. The molecule has 4 heterocycles. The number of amides is 2. The number of rotatable bonds is 7. The van der Waals surface area contributed by atoms with Crippen molar-refractivity contribution in [2.24, 2.45) is 5.16 Å². The first-order chi connectivity index (χ1) is 14.4. The Morgan fingerprint density at radius 3 is 2.87 bits per heavy atom. The lowest BCUT2D eigenvalue weighted by molar-refractivity contribution is -0.149. The number of hydrogen-bond donors (Lipinski definition) is 5. The molecule has 1 saturated heterocycles. The first-order valence-corrected chi connectivity index (χ1v) is 11.0. The van der Waals surface area contributed by atoms with Crippen molar-refractivity contribution in [3.63, 3.8) is 0 Å². The van der Waals surface area contributed by atoms with Gasteiger partial charge in [0.15, 0.2) is 16.5 Å². The minimum absolute atomic E-state index is 0.0703. The highest BCUT2D eigenvalue weighted by atomic mass is 32.2. The van der Waals surface area contributed by atoms with Gasteiger partial charge in [0, 0.05) is 22.9 Å². The van der Waals surface area contributed by atoms with E-state index in [1.165, 1.54) is 28.9 Å². The Morgan fingerprint density at radius 2 is 2.27 bits per heavy atom. The number of hydrogen-bond acceptors (Lipinski definition) is 11. The summed E-state index contributed by atoms with van der Waals surface area (Å²) in [6, 6.07) is -0.975. The van der Waals surface area contributed by atoms with Crippen molar-refractivity contribution in [2.45, 2.75) is 17.2 Å². The number of nitrogens with one attached hydrogen (secondary N) is 2. The van der Waals surface area contributed by atoms with Crippen LogP contribution in [0.15, 0.2) is 32.9 Å². The van der Waals surface area contributed by atoms with E-state index in [-0.39, 0.29) is 16.5 Å². The van der Waals surface area contributed by atoms with Gasteiger partial charge in [0.1, 0.15) is 17.1 Å². The number of carboxylic acid groups (broad SMARTS) is 1. The van der Waals surface area contributed by atoms with Crippen LogP contribution in [0.1, 0.15) is 11.3 Å². The number of nitrogens with zero attached hydrogens (tertiary/aromatic N) is 4. The second kappa shape index (κ2) is 8.00. The molecule has 0 spiro atoms. The van der Waals surface area contributed by atoms with Crippen LogP contribution in [-0.2, 0) is 20.1 Å². The van der Waals surface area contributed by atoms with Gasteiger partial charge < -0.3 is 21.4 Å². The highest BCUT2D eigenvalue weighted by Gasteiger charge is 2.57. The molecule has 2 aromatic rings. The van der Waals surface area contributed by atoms with Crippen LogP contribution >= 0.6 is 34.9 Å². The number of carboxylic acids is 1. The fraction of sp³-hybridized carbons (Fsp3) is 0.200. The van der Waals surface area contributed by atoms with Crippen molar-refractivity contribution in [1.29, 1.82) is 0 Å². The Bertz CT molecular complexity index is 1080. The molecule has 0 aliphatic carbocycles. The zero-order valence-corrected chi connectivity index (χ0v) is 17.3. The molecule has 15 heteroatoms. The fourth-order valence-corrected chi connectivity index (χ4v) is 6.06. The van der Waals surface area contributed by atoms with E-state index in [1.54, 1.807) is 12.4 Å². The van der Waals surface area contributed by atoms with E-state index >= 15 is 0 Å². The van der Waals surface area contributed by atoms with Crippen molar-refractivity contribution in [3.05, 3.63) is 39.0 Å². The Balaban J connectivity index is 1.47. The molecular formula is C15H13N7O5S3. The minimum Gasteiger partial charge on any atom is -0.477 e. The molecule has 12 nitrogen and oxygen atoms in total. The monoisotopic (exact) mass is 467 g/mol. The predicted molar refractivity (Wildman–Crippen MR) is 110 cm³/mol. The van der Waals surface area contributed by atoms with Gasteiger partial charge in [-0.2, -0.15) is 5.10 Å². The first-order valence-electron chi connectivity index (χ1n) is 8.22. The van der Waals surface area contributed by atoms with Crippen molar-refractivity contribution < 1.29 is 24.7 Å². The molecule has 2 atom stereocenters. The van der Waals surface area contributed by atoms with Crippen LogP contribution < -0.4 is 11.1 Å². The minimum atomic E-state index is -1.23. The largest absolute Gasteiger partial charge is 0.477 e. The Hall–Kier alpha value is -3.04. The summed E-state index contributed by atoms with van der Waals surface area (Å²) in [7, 11) is 0. The van der Waals surface area contributed by atoms with Crippen LogP contribution in [0.25, 0.3) is 0 Å². The summed E-state index contributed by atoms with van der Waals surface area (Å²) in [5.74, 6) is -2.15. The molecule has 0 bridgehead atoms. The number of aromatic amines is 1. The molecule has 0 saturated carbocycles. The quantitative estimate of drug-likeness (QED) is 0.163. The van der Waals surface area contributed by atoms with Gasteiger partial charge in [-0.15, -0.1) is 23.1 Å². The summed E-state index contributed by atoms with van der Waals surface area (Å²) in [5, 5.41) is 31.7. The SMILES string of the molecule is Nc1nc(/C(=N/O)C(=O)N[C@@H]2C(=O)N3C(C(=O)O)=C(SCc4cn[nH]c4)S[C@H]23)cs1. The standard InChI is InChI=1S/C15H13N7O5S3/c16-15-19-6(4-29-15)7(21-27)10(23)20-8-11(24)22-9(13(25)26)14(30-12(8)22)28-3-5-1-17-18-2-5/h1-2,4,8,12,27H,3H2,(H2,16,19)(H,17,18)(H,20,23)(H,25,26)/b21-7-/t8-,12-/m1/s1. The van der Waals surface area contributed by atoms with Gasteiger partial charge in [-0.05, 0) is 0 Å². The molecule has 4 rings (SSSR count). The second-order valence-corrected chi connectivity index (χ2v) is 9.28. The van der Waals surface area contributed by atoms with Gasteiger partial charge in [0.05, 0.1) is 10.4 Å². The van der Waals surface area contributed by atoms with Crippen LogP contribution in [0.3, 0.4) is 0 Å². The van der Waals surface area contributed by atoms with E-state index in [0.29, 0.717) is 9.99 Å². The summed E-state index contributed by atoms with van der Waals surface area (Å²) in [6.45, 7) is 0. The Labute approximate surface area is 180 Å². The van der Waals surface area contributed by atoms with E-state index in [2.05, 4.69) is 25.7 Å². The lowest BCUT2D eigenvalue weighted by Crippen LogP contribution is -2.68. The molecule has 1 fully saturated rings. The number of thioether (sulfide) groups is 2. The summed E-state index contributed by atoms with van der Waals surface area (Å²) in [6.07, 6.45) is 3.31. The van der Waals surface area contributed by atoms with Gasteiger partial charge in [-0.25, -0.2) is 9.78 Å². The number of nitrogen functional groups attached to an aromatic ring is 1. The highest BCUT2D eigenvalue weighted by molar-refractivity contribution is 8.22.